The predicted octanol–water partition coefficient (Wildman–Crippen LogP) is 2.28. The molecule has 0 aliphatic heterocycles. The van der Waals surface area contributed by atoms with E-state index in [1.807, 2.05) is 37.3 Å². The van der Waals surface area contributed by atoms with Gasteiger partial charge in [-0.1, -0.05) is 55.0 Å². The fourth-order valence-corrected chi connectivity index (χ4v) is 3.37. The molecule has 0 aliphatic rings. The molecule has 0 saturated carbocycles. The Kier molecular flexibility index (Phi) is 7.94. The molecule has 0 heterocycles. The lowest BCUT2D eigenvalue weighted by Gasteiger charge is -2.23. The molecule has 148 valence electrons. The van der Waals surface area contributed by atoms with E-state index in [1.54, 1.807) is 19.1 Å². The first-order chi connectivity index (χ1) is 12.8. The highest BCUT2D eigenvalue weighted by molar-refractivity contribution is 7.86. The largest absolute Gasteiger partial charge is 0.390 e. The number of hydrogen-bond acceptors (Lipinski definition) is 6. The molecular formula is C20H26O6S. The van der Waals surface area contributed by atoms with Gasteiger partial charge in [-0.2, -0.15) is 8.42 Å². The van der Waals surface area contributed by atoms with Crippen molar-refractivity contribution >= 4 is 10.1 Å². The van der Waals surface area contributed by atoms with E-state index in [4.69, 9.17) is 8.92 Å². The van der Waals surface area contributed by atoms with Crippen LogP contribution in [0, 0.1) is 12.8 Å². The summed E-state index contributed by atoms with van der Waals surface area (Å²) in [6.45, 7) is 3.65. The van der Waals surface area contributed by atoms with Crippen LogP contribution in [0.25, 0.3) is 0 Å². The van der Waals surface area contributed by atoms with Gasteiger partial charge in [0.05, 0.1) is 30.8 Å². The van der Waals surface area contributed by atoms with E-state index in [0.29, 0.717) is 6.61 Å². The van der Waals surface area contributed by atoms with E-state index in [-0.39, 0.29) is 11.5 Å². The van der Waals surface area contributed by atoms with Crippen molar-refractivity contribution < 1.29 is 27.6 Å². The molecule has 2 N–H and O–H groups in total. The maximum atomic E-state index is 12.1. The van der Waals surface area contributed by atoms with Crippen LogP contribution < -0.4 is 0 Å². The molecule has 6 nitrogen and oxygen atoms in total. The van der Waals surface area contributed by atoms with Crippen LogP contribution in [0.2, 0.25) is 0 Å². The molecule has 2 aromatic rings. The van der Waals surface area contributed by atoms with Crippen LogP contribution in [0.4, 0.5) is 0 Å². The molecule has 0 aliphatic carbocycles. The van der Waals surface area contributed by atoms with Crippen LogP contribution in [0.1, 0.15) is 18.1 Å². The molecule has 27 heavy (non-hydrogen) atoms. The van der Waals surface area contributed by atoms with E-state index in [2.05, 4.69) is 0 Å². The highest BCUT2D eigenvalue weighted by atomic mass is 32.2. The van der Waals surface area contributed by atoms with Crippen LogP contribution in [-0.4, -0.2) is 44.1 Å². The number of hydrogen-bond donors (Lipinski definition) is 2. The number of aryl methyl sites for hydroxylation is 1. The molecule has 0 spiro atoms. The first-order valence-corrected chi connectivity index (χ1v) is 10.1. The summed E-state index contributed by atoms with van der Waals surface area (Å²) in [7, 11) is -3.99. The predicted molar refractivity (Wildman–Crippen MR) is 102 cm³/mol. The molecule has 7 heteroatoms. The Morgan fingerprint density at radius 3 is 2.22 bits per heavy atom. The molecule has 3 atom stereocenters. The second-order valence-corrected chi connectivity index (χ2v) is 8.20. The Labute approximate surface area is 160 Å². The van der Waals surface area contributed by atoms with Gasteiger partial charge in [0.25, 0.3) is 10.1 Å². The third-order valence-electron chi connectivity index (χ3n) is 4.17. The third kappa shape index (κ3) is 6.71. The van der Waals surface area contributed by atoms with E-state index in [1.165, 1.54) is 12.1 Å². The Bertz CT molecular complexity index is 789. The zero-order valence-electron chi connectivity index (χ0n) is 15.5. The molecule has 0 saturated heterocycles. The van der Waals surface area contributed by atoms with Crippen molar-refractivity contribution in [2.45, 2.75) is 37.6 Å². The van der Waals surface area contributed by atoms with E-state index in [9.17, 15) is 18.6 Å². The fraction of sp³-hybridized carbons (Fsp3) is 0.400. The standard InChI is InChI=1S/C20H26O6S/c1-15-8-10-18(11-9-15)27(23,24)26-14-19(21)20(22)16(2)12-25-13-17-6-4-3-5-7-17/h3-11,16,19-22H,12-14H2,1-2H3/t16-,19+,20+/m0/s1. The quantitative estimate of drug-likeness (QED) is 0.601. The average molecular weight is 394 g/mol. The van der Waals surface area contributed by atoms with Gasteiger partial charge in [-0.3, -0.25) is 4.18 Å². The first kappa shape index (κ1) is 21.5. The summed E-state index contributed by atoms with van der Waals surface area (Å²) < 4.78 is 34.7. The van der Waals surface area contributed by atoms with E-state index in [0.717, 1.165) is 11.1 Å². The smallest absolute Gasteiger partial charge is 0.297 e. The number of rotatable bonds is 10. The number of aliphatic hydroxyl groups is 2. The minimum atomic E-state index is -3.99. The van der Waals surface area contributed by atoms with Gasteiger partial charge in [0.2, 0.25) is 0 Å². The van der Waals surface area contributed by atoms with Gasteiger partial charge in [0, 0.05) is 5.92 Å². The summed E-state index contributed by atoms with van der Waals surface area (Å²) in [4.78, 5) is 0.00836. The minimum absolute atomic E-state index is 0.00836. The Balaban J connectivity index is 1.79. The number of ether oxygens (including phenoxy) is 1. The van der Waals surface area contributed by atoms with Crippen molar-refractivity contribution in [3.8, 4) is 0 Å². The maximum Gasteiger partial charge on any atom is 0.297 e. The lowest BCUT2D eigenvalue weighted by atomic mass is 10.0. The fourth-order valence-electron chi connectivity index (χ4n) is 2.45. The normalized spacial score (nSPS) is 15.3. The monoisotopic (exact) mass is 394 g/mol. The van der Waals surface area contributed by atoms with Crippen molar-refractivity contribution in [3.05, 3.63) is 65.7 Å². The van der Waals surface area contributed by atoms with Crippen molar-refractivity contribution in [1.82, 2.24) is 0 Å². The Morgan fingerprint density at radius 2 is 1.59 bits per heavy atom. The Hall–Kier alpha value is -1.77. The molecule has 2 rings (SSSR count). The molecule has 0 aromatic heterocycles. The summed E-state index contributed by atoms with van der Waals surface area (Å²) in [5.41, 5.74) is 1.93. The molecule has 0 radical (unpaired) electrons. The van der Waals surface area contributed by atoms with Gasteiger partial charge in [-0.15, -0.1) is 0 Å². The first-order valence-electron chi connectivity index (χ1n) is 8.73. The highest BCUT2D eigenvalue weighted by Crippen LogP contribution is 2.16. The third-order valence-corrected chi connectivity index (χ3v) is 5.47. The summed E-state index contributed by atoms with van der Waals surface area (Å²) in [5, 5.41) is 20.2. The van der Waals surface area contributed by atoms with Gasteiger partial charge in [-0.05, 0) is 24.6 Å². The summed E-state index contributed by atoms with van der Waals surface area (Å²) in [5.74, 6) is -0.394. The zero-order valence-corrected chi connectivity index (χ0v) is 16.3. The highest BCUT2D eigenvalue weighted by Gasteiger charge is 2.26. The van der Waals surface area contributed by atoms with E-state index >= 15 is 0 Å². The van der Waals surface area contributed by atoms with Gasteiger partial charge in [0.1, 0.15) is 6.10 Å². The van der Waals surface area contributed by atoms with Crippen molar-refractivity contribution in [1.29, 1.82) is 0 Å². The second kappa shape index (κ2) is 9.96. The zero-order chi connectivity index (χ0) is 19.9. The van der Waals surface area contributed by atoms with Crippen molar-refractivity contribution in [3.63, 3.8) is 0 Å². The van der Waals surface area contributed by atoms with Crippen LogP contribution in [-0.2, 0) is 25.6 Å². The lowest BCUT2D eigenvalue weighted by molar-refractivity contribution is -0.0554. The van der Waals surface area contributed by atoms with Gasteiger partial charge >= 0.3 is 0 Å². The van der Waals surface area contributed by atoms with Gasteiger partial charge in [0.15, 0.2) is 0 Å². The van der Waals surface area contributed by atoms with Gasteiger partial charge in [-0.25, -0.2) is 0 Å². The molecular weight excluding hydrogens is 368 g/mol. The van der Waals surface area contributed by atoms with Crippen molar-refractivity contribution in [2.24, 2.45) is 5.92 Å². The van der Waals surface area contributed by atoms with E-state index < -0.39 is 34.9 Å². The minimum Gasteiger partial charge on any atom is -0.390 e. The average Bonchev–Trinajstić information content (AvgIpc) is 2.66. The van der Waals surface area contributed by atoms with Crippen LogP contribution in [0.5, 0.6) is 0 Å². The summed E-state index contributed by atoms with van der Waals surface area (Å²) in [6.07, 6.45) is -2.52. The topological polar surface area (TPSA) is 93.1 Å². The Morgan fingerprint density at radius 1 is 0.963 bits per heavy atom. The number of benzene rings is 2. The van der Waals surface area contributed by atoms with Crippen LogP contribution in [0.3, 0.4) is 0 Å². The summed E-state index contributed by atoms with van der Waals surface area (Å²) in [6, 6.07) is 15.8. The molecule has 0 bridgehead atoms. The van der Waals surface area contributed by atoms with Crippen LogP contribution in [0.15, 0.2) is 59.5 Å². The second-order valence-electron chi connectivity index (χ2n) is 6.59. The number of aliphatic hydroxyl groups excluding tert-OH is 2. The molecule has 0 amide bonds. The summed E-state index contributed by atoms with van der Waals surface area (Å²) >= 11 is 0. The molecule has 0 unspecified atom stereocenters. The maximum absolute atomic E-state index is 12.1. The molecule has 2 aromatic carbocycles. The lowest BCUT2D eigenvalue weighted by Crippen LogP contribution is -2.38. The SMILES string of the molecule is Cc1ccc(S(=O)(=O)OC[C@@H](O)[C@H](O)[C@@H](C)COCc2ccccc2)cc1. The van der Waals surface area contributed by atoms with Gasteiger partial charge < -0.3 is 14.9 Å². The van der Waals surface area contributed by atoms with Crippen molar-refractivity contribution in [2.75, 3.05) is 13.2 Å². The molecule has 0 fully saturated rings. The van der Waals surface area contributed by atoms with Crippen LogP contribution >= 0.6 is 0 Å².